The minimum absolute atomic E-state index is 0.0819. The molecule has 2 amide bonds. The van der Waals surface area contributed by atoms with Gasteiger partial charge < -0.3 is 14.9 Å². The third-order valence-electron chi connectivity index (χ3n) is 5.94. The molecule has 1 saturated heterocycles. The number of rotatable bonds is 10. The summed E-state index contributed by atoms with van der Waals surface area (Å²) in [4.78, 5) is 57.5. The summed E-state index contributed by atoms with van der Waals surface area (Å²) in [6.07, 6.45) is 0.822. The van der Waals surface area contributed by atoms with Crippen molar-refractivity contribution in [3.63, 3.8) is 0 Å². The van der Waals surface area contributed by atoms with Crippen LogP contribution in [-0.4, -0.2) is 63.8 Å². The smallest absolute Gasteiger partial charge is 0.356 e. The summed E-state index contributed by atoms with van der Waals surface area (Å²) in [6, 6.07) is 17.6. The Balaban J connectivity index is 1.58. The largest absolute Gasteiger partial charge is 0.448 e. The van der Waals surface area contributed by atoms with Crippen LogP contribution in [0.1, 0.15) is 17.2 Å². The number of Topliss-reactive ketones (excluding diaryl/α,β-unsaturated/α-hetero) is 1. The van der Waals surface area contributed by atoms with Crippen LogP contribution in [-0.2, 0) is 28.8 Å². The third kappa shape index (κ3) is 5.44. The number of carbonyl (C=O) groups is 4. The Morgan fingerprint density at radius 2 is 1.76 bits per heavy atom. The van der Waals surface area contributed by atoms with Gasteiger partial charge in [0.15, 0.2) is 6.10 Å². The zero-order valence-electron chi connectivity index (χ0n) is 20.3. The van der Waals surface area contributed by atoms with Crippen LogP contribution >= 0.6 is 27.7 Å². The maximum atomic E-state index is 13.6. The van der Waals surface area contributed by atoms with E-state index in [0.717, 1.165) is 11.1 Å². The Labute approximate surface area is 232 Å². The Morgan fingerprint density at radius 1 is 1.16 bits per heavy atom. The first-order valence-corrected chi connectivity index (χ1v) is 13.7. The minimum Gasteiger partial charge on any atom is -0.448 e. The van der Waals surface area contributed by atoms with E-state index < -0.39 is 46.8 Å². The first-order chi connectivity index (χ1) is 18.4. The number of esters is 1. The van der Waals surface area contributed by atoms with Crippen molar-refractivity contribution in [1.82, 2.24) is 10.2 Å². The lowest BCUT2D eigenvalue weighted by Gasteiger charge is -2.49. The van der Waals surface area contributed by atoms with Gasteiger partial charge in [-0.1, -0.05) is 94.4 Å². The van der Waals surface area contributed by atoms with Crippen LogP contribution in [0.2, 0.25) is 0 Å². The number of halogens is 1. The number of nitrogens with zero attached hydrogens (tertiary/aromatic N) is 2. The number of hydrogen-bond acceptors (Lipinski definition) is 8. The fourth-order valence-electron chi connectivity index (χ4n) is 4.12. The molecule has 196 valence electrons. The second-order valence-corrected chi connectivity index (χ2v) is 9.89. The van der Waals surface area contributed by atoms with Gasteiger partial charge in [0.25, 0.3) is 11.8 Å². The Hall–Kier alpha value is -3.70. The van der Waals surface area contributed by atoms with E-state index in [0.29, 0.717) is 11.3 Å². The standard InChI is InChI=1S/C27H24BrN3O6S/c1-3-16-15-38-26-21(29-24(33)20(30-36-2)19(32)14-28)25(34)31(26)22(16)27(35)37-23(17-10-6-4-7-11-17)18-12-8-5-9-13-18/h3-13,21,23,26H,1,14-15H2,2H3,(H,29,33)/t21?,26-/m1/s1. The summed E-state index contributed by atoms with van der Waals surface area (Å²) in [6.45, 7) is 3.80. The number of hydrogen-bond donors (Lipinski definition) is 1. The van der Waals surface area contributed by atoms with E-state index in [1.165, 1.54) is 29.8 Å². The molecule has 2 aromatic rings. The van der Waals surface area contributed by atoms with Crippen LogP contribution < -0.4 is 5.32 Å². The SMILES string of the molecule is C=CC1=C(C(=O)OC(c2ccccc2)c2ccccc2)N2C(=O)C(NC(=O)C(=NOC)C(=O)CBr)[C@H]2SC1. The molecular formula is C27H24BrN3O6S. The molecule has 38 heavy (non-hydrogen) atoms. The molecule has 0 saturated carbocycles. The van der Waals surface area contributed by atoms with E-state index in [4.69, 9.17) is 4.74 Å². The molecular weight excluding hydrogens is 574 g/mol. The van der Waals surface area contributed by atoms with Gasteiger partial charge in [-0.3, -0.25) is 19.3 Å². The highest BCUT2D eigenvalue weighted by atomic mass is 79.9. The molecule has 0 radical (unpaired) electrons. The van der Waals surface area contributed by atoms with Gasteiger partial charge >= 0.3 is 5.97 Å². The first kappa shape index (κ1) is 27.3. The molecule has 0 bridgehead atoms. The number of ether oxygens (including phenoxy) is 1. The second kappa shape index (κ2) is 12.2. The summed E-state index contributed by atoms with van der Waals surface area (Å²) in [5.41, 5.74) is 1.71. The van der Waals surface area contributed by atoms with Crippen molar-refractivity contribution in [3.8, 4) is 0 Å². The third-order valence-corrected chi connectivity index (χ3v) is 7.75. The molecule has 1 fully saturated rings. The van der Waals surface area contributed by atoms with Gasteiger partial charge in [-0.15, -0.1) is 11.8 Å². The van der Waals surface area contributed by atoms with Crippen LogP contribution in [0.25, 0.3) is 0 Å². The number of fused-ring (bicyclic) bond motifs is 1. The number of allylic oxidation sites excluding steroid dienone is 1. The number of β-lactam (4-membered cyclic amide) rings is 1. The van der Waals surface area contributed by atoms with Gasteiger partial charge in [-0.05, 0) is 16.7 Å². The van der Waals surface area contributed by atoms with E-state index in [2.05, 4.69) is 37.8 Å². The molecule has 2 aliphatic rings. The molecule has 11 heteroatoms. The maximum absolute atomic E-state index is 13.6. The molecule has 0 spiro atoms. The van der Waals surface area contributed by atoms with E-state index >= 15 is 0 Å². The summed E-state index contributed by atoms with van der Waals surface area (Å²) < 4.78 is 6.01. The molecule has 4 rings (SSSR count). The average Bonchev–Trinajstić information content (AvgIpc) is 2.96. The quantitative estimate of drug-likeness (QED) is 0.112. The highest BCUT2D eigenvalue weighted by Crippen LogP contribution is 2.41. The fraction of sp³-hybridized carbons (Fsp3) is 0.222. The number of thioether (sulfide) groups is 1. The van der Waals surface area contributed by atoms with Crippen molar-refractivity contribution in [2.45, 2.75) is 17.5 Å². The van der Waals surface area contributed by atoms with E-state index in [1.807, 2.05) is 60.7 Å². The lowest BCUT2D eigenvalue weighted by Crippen LogP contribution is -2.71. The van der Waals surface area contributed by atoms with Gasteiger partial charge in [-0.2, -0.15) is 0 Å². The van der Waals surface area contributed by atoms with E-state index in [1.54, 1.807) is 0 Å². The number of oxime groups is 1. The number of nitrogens with one attached hydrogen (secondary N) is 1. The van der Waals surface area contributed by atoms with E-state index in [-0.39, 0.29) is 11.0 Å². The Morgan fingerprint density at radius 3 is 2.29 bits per heavy atom. The molecule has 2 atom stereocenters. The van der Waals surface area contributed by atoms with Crippen molar-refractivity contribution in [2.24, 2.45) is 5.16 Å². The number of benzene rings is 2. The molecule has 0 aliphatic carbocycles. The van der Waals surface area contributed by atoms with Crippen LogP contribution in [0, 0.1) is 0 Å². The van der Waals surface area contributed by atoms with Crippen molar-refractivity contribution in [3.05, 3.63) is 95.7 Å². The van der Waals surface area contributed by atoms with Gasteiger partial charge in [0.2, 0.25) is 11.5 Å². The van der Waals surface area contributed by atoms with E-state index in [9.17, 15) is 19.2 Å². The van der Waals surface area contributed by atoms with Gasteiger partial charge in [0, 0.05) is 5.75 Å². The normalized spacial score (nSPS) is 18.9. The molecule has 2 aromatic carbocycles. The average molecular weight is 598 g/mol. The van der Waals surface area contributed by atoms with Gasteiger partial charge in [0.1, 0.15) is 24.2 Å². The van der Waals surface area contributed by atoms with Crippen LogP contribution in [0.15, 0.2) is 89.7 Å². The predicted octanol–water partition coefficient (Wildman–Crippen LogP) is 3.13. The lowest BCUT2D eigenvalue weighted by molar-refractivity contribution is -0.154. The van der Waals surface area contributed by atoms with Crippen LogP contribution in [0.3, 0.4) is 0 Å². The second-order valence-electron chi connectivity index (χ2n) is 8.22. The molecule has 1 N–H and O–H groups in total. The maximum Gasteiger partial charge on any atom is 0.356 e. The molecule has 1 unspecified atom stereocenters. The zero-order valence-corrected chi connectivity index (χ0v) is 22.7. The number of amides is 2. The number of alkyl halides is 1. The monoisotopic (exact) mass is 597 g/mol. The number of carbonyl (C=O) groups excluding carboxylic acids is 4. The van der Waals surface area contributed by atoms with Gasteiger partial charge in [-0.25, -0.2) is 4.79 Å². The molecule has 2 heterocycles. The number of ketones is 1. The lowest BCUT2D eigenvalue weighted by atomic mass is 10.0. The summed E-state index contributed by atoms with van der Waals surface area (Å²) in [5.74, 6) is -2.27. The van der Waals surface area contributed by atoms with Crippen molar-refractivity contribution in [2.75, 3.05) is 18.2 Å². The first-order valence-electron chi connectivity index (χ1n) is 11.5. The topological polar surface area (TPSA) is 114 Å². The highest BCUT2D eigenvalue weighted by Gasteiger charge is 2.54. The van der Waals surface area contributed by atoms with Crippen LogP contribution in [0.4, 0.5) is 0 Å². The summed E-state index contributed by atoms with van der Waals surface area (Å²) in [7, 11) is 1.21. The van der Waals surface area contributed by atoms with Crippen molar-refractivity contribution < 1.29 is 28.8 Å². The Kier molecular flexibility index (Phi) is 8.80. The summed E-state index contributed by atoms with van der Waals surface area (Å²) in [5, 5.41) is 5.32. The van der Waals surface area contributed by atoms with Crippen LogP contribution in [0.5, 0.6) is 0 Å². The molecule has 2 aliphatic heterocycles. The van der Waals surface area contributed by atoms with Gasteiger partial charge in [0.05, 0.1) is 5.33 Å². The predicted molar refractivity (Wildman–Crippen MR) is 146 cm³/mol. The summed E-state index contributed by atoms with van der Waals surface area (Å²) >= 11 is 4.36. The fourth-order valence-corrected chi connectivity index (χ4v) is 5.72. The Bertz CT molecular complexity index is 1280. The highest BCUT2D eigenvalue weighted by molar-refractivity contribution is 9.09. The zero-order chi connectivity index (χ0) is 27.2. The van der Waals surface area contributed by atoms with Crippen molar-refractivity contribution >= 4 is 57.0 Å². The molecule has 0 aromatic heterocycles. The minimum atomic E-state index is -0.967. The molecule has 9 nitrogen and oxygen atoms in total. The van der Waals surface area contributed by atoms with Crippen molar-refractivity contribution in [1.29, 1.82) is 0 Å².